The van der Waals surface area contributed by atoms with Gasteiger partial charge in [-0.15, -0.1) is 0 Å². The fourth-order valence-electron chi connectivity index (χ4n) is 4.04. The lowest BCUT2D eigenvalue weighted by molar-refractivity contribution is -0.159. The molecule has 0 saturated heterocycles. The molecular weight excluding hydrogens is 256 g/mol. The van der Waals surface area contributed by atoms with Crippen molar-refractivity contribution in [2.75, 3.05) is 6.61 Å². The van der Waals surface area contributed by atoms with Crippen molar-refractivity contribution < 1.29 is 20.1 Å². The Bertz CT molecular complexity index is 415. The monoisotopic (exact) mass is 282 g/mol. The number of carbonyl (C=O) groups is 1. The lowest BCUT2D eigenvalue weighted by atomic mass is 9.51. The fraction of sp³-hybridized carbons (Fsp3) is 0.812. The maximum absolute atomic E-state index is 12.5. The molecule has 4 heteroatoms. The van der Waals surface area contributed by atoms with Crippen molar-refractivity contribution in [3.05, 3.63) is 12.2 Å². The number of aliphatic hydroxyl groups is 3. The van der Waals surface area contributed by atoms with E-state index in [4.69, 9.17) is 5.11 Å². The number of hydrogen-bond acceptors (Lipinski definition) is 4. The molecule has 0 radical (unpaired) electrons. The maximum Gasteiger partial charge on any atom is 0.144 e. The van der Waals surface area contributed by atoms with Crippen LogP contribution in [-0.4, -0.2) is 39.4 Å². The van der Waals surface area contributed by atoms with Crippen LogP contribution >= 0.6 is 0 Å². The van der Waals surface area contributed by atoms with E-state index in [1.54, 1.807) is 19.9 Å². The van der Waals surface area contributed by atoms with Crippen molar-refractivity contribution >= 4 is 5.78 Å². The molecule has 4 nitrogen and oxygen atoms in total. The zero-order chi connectivity index (χ0) is 15.1. The summed E-state index contributed by atoms with van der Waals surface area (Å²) in [4.78, 5) is 12.5. The Balaban J connectivity index is 2.43. The van der Waals surface area contributed by atoms with Gasteiger partial charge in [0.15, 0.2) is 0 Å². The minimum absolute atomic E-state index is 0.0510. The molecule has 0 aromatic rings. The molecule has 6 atom stereocenters. The zero-order valence-corrected chi connectivity index (χ0v) is 12.5. The van der Waals surface area contributed by atoms with Gasteiger partial charge in [-0.05, 0) is 38.5 Å². The van der Waals surface area contributed by atoms with Crippen molar-refractivity contribution in [1.29, 1.82) is 0 Å². The van der Waals surface area contributed by atoms with Gasteiger partial charge in [0.1, 0.15) is 5.78 Å². The normalized spacial score (nSPS) is 47.9. The van der Waals surface area contributed by atoms with Gasteiger partial charge in [0.05, 0.1) is 17.1 Å². The van der Waals surface area contributed by atoms with Gasteiger partial charge >= 0.3 is 0 Å². The van der Waals surface area contributed by atoms with Crippen LogP contribution in [-0.2, 0) is 4.79 Å². The molecule has 20 heavy (non-hydrogen) atoms. The lowest BCUT2D eigenvalue weighted by Crippen LogP contribution is -2.60. The predicted octanol–water partition coefficient (Wildman–Crippen LogP) is 1.29. The molecule has 0 aromatic heterocycles. The van der Waals surface area contributed by atoms with Crippen LogP contribution in [0.2, 0.25) is 0 Å². The molecule has 6 unspecified atom stereocenters. The van der Waals surface area contributed by atoms with Crippen LogP contribution in [0.4, 0.5) is 0 Å². The average Bonchev–Trinajstić information content (AvgIpc) is 2.38. The van der Waals surface area contributed by atoms with Crippen molar-refractivity contribution in [1.82, 2.24) is 0 Å². The largest absolute Gasteiger partial charge is 0.396 e. The van der Waals surface area contributed by atoms with Gasteiger partial charge in [-0.3, -0.25) is 4.79 Å². The Morgan fingerprint density at radius 2 is 2.00 bits per heavy atom. The van der Waals surface area contributed by atoms with Crippen molar-refractivity contribution in [3.63, 3.8) is 0 Å². The molecule has 2 aliphatic rings. The highest BCUT2D eigenvalue weighted by molar-refractivity contribution is 5.87. The van der Waals surface area contributed by atoms with Crippen molar-refractivity contribution in [2.45, 2.75) is 51.7 Å². The molecular formula is C16H26O4. The summed E-state index contributed by atoms with van der Waals surface area (Å²) in [6.07, 6.45) is 4.78. The molecule has 0 amide bonds. The highest BCUT2D eigenvalue weighted by atomic mass is 16.3. The predicted molar refractivity (Wildman–Crippen MR) is 76.0 cm³/mol. The van der Waals surface area contributed by atoms with E-state index in [0.29, 0.717) is 0 Å². The highest BCUT2D eigenvalue weighted by Gasteiger charge is 2.58. The van der Waals surface area contributed by atoms with E-state index in [1.807, 2.05) is 13.0 Å². The first kappa shape index (κ1) is 15.7. The number of rotatable bonds is 3. The second-order valence-electron chi connectivity index (χ2n) is 6.83. The fourth-order valence-corrected chi connectivity index (χ4v) is 4.04. The second kappa shape index (κ2) is 5.24. The first-order valence-electron chi connectivity index (χ1n) is 7.49. The molecule has 2 aliphatic carbocycles. The van der Waals surface area contributed by atoms with E-state index < -0.39 is 17.1 Å². The maximum atomic E-state index is 12.5. The SMILES string of the molecule is CC1CCC2C(C=CC(C)(O)C2(C)C(=O)CCO)C1O. The first-order chi connectivity index (χ1) is 9.25. The summed E-state index contributed by atoms with van der Waals surface area (Å²) in [6.45, 7) is 5.26. The van der Waals surface area contributed by atoms with E-state index in [-0.39, 0.29) is 36.6 Å². The number of fused-ring (bicyclic) bond motifs is 1. The zero-order valence-electron chi connectivity index (χ0n) is 12.5. The summed E-state index contributed by atoms with van der Waals surface area (Å²) in [5.41, 5.74) is -2.18. The first-order valence-corrected chi connectivity index (χ1v) is 7.49. The van der Waals surface area contributed by atoms with E-state index in [1.165, 1.54) is 0 Å². The smallest absolute Gasteiger partial charge is 0.144 e. The topological polar surface area (TPSA) is 77.8 Å². The van der Waals surface area contributed by atoms with Crippen LogP contribution in [0.15, 0.2) is 12.2 Å². The molecule has 0 aliphatic heterocycles. The van der Waals surface area contributed by atoms with E-state index >= 15 is 0 Å². The summed E-state index contributed by atoms with van der Waals surface area (Å²) >= 11 is 0. The summed E-state index contributed by atoms with van der Waals surface area (Å²) in [7, 11) is 0. The Morgan fingerprint density at radius 3 is 2.60 bits per heavy atom. The quantitative estimate of drug-likeness (QED) is 0.682. The van der Waals surface area contributed by atoms with Crippen LogP contribution in [0.1, 0.15) is 40.0 Å². The highest BCUT2D eigenvalue weighted by Crippen LogP contribution is 2.54. The molecule has 1 fully saturated rings. The molecule has 0 bridgehead atoms. The molecule has 3 N–H and O–H groups in total. The molecule has 0 spiro atoms. The number of aliphatic hydroxyl groups excluding tert-OH is 2. The lowest BCUT2D eigenvalue weighted by Gasteiger charge is -2.54. The van der Waals surface area contributed by atoms with Gasteiger partial charge in [-0.1, -0.05) is 19.1 Å². The van der Waals surface area contributed by atoms with Gasteiger partial charge in [0.2, 0.25) is 0 Å². The molecule has 0 heterocycles. The van der Waals surface area contributed by atoms with Crippen LogP contribution in [0.3, 0.4) is 0 Å². The van der Waals surface area contributed by atoms with Gasteiger partial charge in [0.25, 0.3) is 0 Å². The van der Waals surface area contributed by atoms with Crippen LogP contribution in [0, 0.1) is 23.2 Å². The van der Waals surface area contributed by atoms with Crippen LogP contribution < -0.4 is 0 Å². The minimum Gasteiger partial charge on any atom is -0.396 e. The Labute approximate surface area is 120 Å². The van der Waals surface area contributed by atoms with E-state index in [9.17, 15) is 15.0 Å². The average molecular weight is 282 g/mol. The van der Waals surface area contributed by atoms with Crippen LogP contribution in [0.25, 0.3) is 0 Å². The number of ketones is 1. The number of hydrogen-bond donors (Lipinski definition) is 3. The molecule has 0 aromatic carbocycles. The standard InChI is InChI=1S/C16H26O4/c1-10-4-5-12-11(14(10)19)6-8-15(2,20)16(12,3)13(18)7-9-17/h6,8,10-12,14,17,19-20H,4-5,7,9H2,1-3H3. The Morgan fingerprint density at radius 1 is 1.35 bits per heavy atom. The number of Topliss-reactive ketones (excluding diaryl/α,β-unsaturated/α-hetero) is 1. The third kappa shape index (κ3) is 2.14. The third-order valence-electron chi connectivity index (χ3n) is 5.73. The Kier molecular flexibility index (Phi) is 4.11. The van der Waals surface area contributed by atoms with Gasteiger partial charge in [-0.25, -0.2) is 0 Å². The minimum atomic E-state index is -1.24. The van der Waals surface area contributed by atoms with E-state index in [0.717, 1.165) is 12.8 Å². The Hall–Kier alpha value is -0.710. The molecule has 2 rings (SSSR count). The van der Waals surface area contributed by atoms with Gasteiger partial charge < -0.3 is 15.3 Å². The molecule has 114 valence electrons. The van der Waals surface area contributed by atoms with Crippen LogP contribution in [0.5, 0.6) is 0 Å². The third-order valence-corrected chi connectivity index (χ3v) is 5.73. The summed E-state index contributed by atoms with van der Waals surface area (Å²) in [5, 5.41) is 30.2. The van der Waals surface area contributed by atoms with Gasteiger partial charge in [-0.2, -0.15) is 0 Å². The van der Waals surface area contributed by atoms with Gasteiger partial charge in [0, 0.05) is 18.9 Å². The summed E-state index contributed by atoms with van der Waals surface area (Å²) < 4.78 is 0. The summed E-state index contributed by atoms with van der Waals surface area (Å²) in [5.74, 6) is -0.0772. The van der Waals surface area contributed by atoms with Crippen molar-refractivity contribution in [3.8, 4) is 0 Å². The number of carbonyl (C=O) groups excluding carboxylic acids is 1. The van der Waals surface area contributed by atoms with Crippen molar-refractivity contribution in [2.24, 2.45) is 23.2 Å². The summed E-state index contributed by atoms with van der Waals surface area (Å²) in [6, 6.07) is 0. The van der Waals surface area contributed by atoms with E-state index in [2.05, 4.69) is 0 Å². The second-order valence-corrected chi connectivity index (χ2v) is 6.83. The molecule has 1 saturated carbocycles.